The smallest absolute Gasteiger partial charge is 0.433 e. The van der Waals surface area contributed by atoms with Gasteiger partial charge in [0.05, 0.1) is 36.3 Å². The van der Waals surface area contributed by atoms with Crippen molar-refractivity contribution in [2.75, 3.05) is 7.11 Å². The maximum atomic E-state index is 13.0. The van der Waals surface area contributed by atoms with E-state index in [2.05, 4.69) is 121 Å². The van der Waals surface area contributed by atoms with E-state index in [-0.39, 0.29) is 93.6 Å². The Hall–Kier alpha value is -16.7. The van der Waals surface area contributed by atoms with Gasteiger partial charge in [-0.15, -0.1) is 0 Å². The number of para-hydroxylation sites is 2. The van der Waals surface area contributed by atoms with Crippen molar-refractivity contribution in [3.05, 3.63) is 377 Å². The number of halogens is 11. The molecule has 37 heteroatoms. The van der Waals surface area contributed by atoms with Crippen LogP contribution in [-0.4, -0.2) is 86.9 Å². The van der Waals surface area contributed by atoms with E-state index >= 15 is 0 Å². The summed E-state index contributed by atoms with van der Waals surface area (Å²) < 4.78 is 191. The number of nitriles is 1. The Labute approximate surface area is 851 Å². The average Bonchev–Trinajstić information content (AvgIpc) is 0.815. The number of hydrogen-bond acceptors (Lipinski definition) is 26. The maximum Gasteiger partial charge on any atom is 0.433 e. The zero-order valence-electron chi connectivity index (χ0n) is 85.0. The van der Waals surface area contributed by atoms with Gasteiger partial charge >= 0.3 is 24.4 Å². The summed E-state index contributed by atoms with van der Waals surface area (Å²) in [6.45, 7) is 37.0. The lowest BCUT2D eigenvalue weighted by molar-refractivity contribution is -0.142. The van der Waals surface area contributed by atoms with Crippen molar-refractivity contribution in [3.63, 3.8) is 0 Å². The average molecular weight is 2040 g/mol. The lowest BCUT2D eigenvalue weighted by Crippen LogP contribution is -2.11. The number of aromatic nitrogens is 16. The van der Waals surface area contributed by atoms with Crippen molar-refractivity contribution in [1.29, 1.82) is 5.26 Å². The van der Waals surface area contributed by atoms with Crippen LogP contribution in [0.15, 0.2) is 268 Å². The normalized spacial score (nSPS) is 10.9. The molecule has 0 saturated carbocycles. The molecule has 0 bridgehead atoms. The maximum absolute atomic E-state index is 13.0. The summed E-state index contributed by atoms with van der Waals surface area (Å²) in [4.78, 5) is 65.7. The quantitative estimate of drug-likeness (QED) is 0.0480. The molecule has 0 spiro atoms. The van der Waals surface area contributed by atoms with Crippen molar-refractivity contribution < 1.29 is 90.9 Å². The number of rotatable bonds is 25. The number of alkyl halides is 6. The van der Waals surface area contributed by atoms with Crippen molar-refractivity contribution in [2.24, 2.45) is 0 Å². The van der Waals surface area contributed by atoms with Crippen LogP contribution in [0, 0.1) is 61.2 Å². The number of pyridine rings is 2. The van der Waals surface area contributed by atoms with E-state index < -0.39 is 35.6 Å². The molecule has 0 N–H and O–H groups in total. The Morgan fingerprint density at radius 1 is 0.284 bits per heavy atom. The molecule has 26 nitrogen and oxygen atoms in total. The van der Waals surface area contributed by atoms with E-state index in [1.807, 2.05) is 129 Å². The second kappa shape index (κ2) is 56.0. The predicted molar refractivity (Wildman–Crippen MR) is 536 cm³/mol. The number of nitrogens with zero attached hydrogens (tertiary/aromatic N) is 17. The third kappa shape index (κ3) is 38.8. The molecule has 772 valence electrons. The molecule has 0 aliphatic heterocycles. The molecule has 9 aromatic heterocycles. The largest absolute Gasteiger partial charge is 0.493 e. The van der Waals surface area contributed by atoms with Gasteiger partial charge < -0.3 is 42.6 Å². The molecule has 0 fully saturated rings. The zero-order valence-corrected chi connectivity index (χ0v) is 85.0. The molecule has 148 heavy (non-hydrogen) atoms. The highest BCUT2D eigenvalue weighted by Crippen LogP contribution is 2.38. The Bertz CT molecular complexity index is 6880. The molecular weight excluding hydrogens is 1920 g/mol. The lowest BCUT2D eigenvalue weighted by Gasteiger charge is -2.12. The second-order valence-corrected chi connectivity index (χ2v) is 34.7. The first kappa shape index (κ1) is 115. The highest BCUT2D eigenvalue weighted by atomic mass is 19.4. The first-order valence-corrected chi connectivity index (χ1v) is 46.6. The van der Waals surface area contributed by atoms with Crippen LogP contribution in [-0.2, 0) is 12.4 Å². The van der Waals surface area contributed by atoms with Gasteiger partial charge in [0.1, 0.15) is 98.3 Å². The minimum Gasteiger partial charge on any atom is -0.493 e. The lowest BCUT2D eigenvalue weighted by atomic mass is 10.1. The first-order valence-electron chi connectivity index (χ1n) is 46.6. The van der Waals surface area contributed by atoms with Crippen molar-refractivity contribution >= 4 is 0 Å². The van der Waals surface area contributed by atoms with E-state index in [0.29, 0.717) is 92.8 Å². The predicted octanol–water partition coefficient (Wildman–Crippen LogP) is 30.7. The number of ether oxygens (including phenoxy) is 9. The highest BCUT2D eigenvalue weighted by molar-refractivity contribution is 5.43. The first-order chi connectivity index (χ1) is 70.3. The molecule has 9 heterocycles. The summed E-state index contributed by atoms with van der Waals surface area (Å²) in [6.07, 6.45) is 0.665. The number of hydrogen-bond donors (Lipinski definition) is 0. The Morgan fingerprint density at radius 2 is 0.662 bits per heavy atom. The number of benzene rings is 7. The van der Waals surface area contributed by atoms with Gasteiger partial charge in [-0.3, -0.25) is 9.97 Å². The Kier molecular flexibility index (Phi) is 43.5. The molecule has 7 aromatic carbocycles. The fraction of sp³-hybridized carbons (Fsp3) is 0.270. The third-order valence-electron chi connectivity index (χ3n) is 19.5. The summed E-state index contributed by atoms with van der Waals surface area (Å²) >= 11 is 0. The van der Waals surface area contributed by atoms with Crippen LogP contribution < -0.4 is 42.6 Å². The zero-order chi connectivity index (χ0) is 108. The molecule has 0 aliphatic rings. The summed E-state index contributed by atoms with van der Waals surface area (Å²) in [6, 6.07) is 59.8. The van der Waals surface area contributed by atoms with Crippen molar-refractivity contribution in [1.82, 2.24) is 79.7 Å². The van der Waals surface area contributed by atoms with Gasteiger partial charge in [-0.2, -0.15) is 71.5 Å². The minimum atomic E-state index is -4.60. The topological polar surface area (TPSA) is 313 Å². The Morgan fingerprint density at radius 3 is 1.06 bits per heavy atom. The van der Waals surface area contributed by atoms with Crippen LogP contribution in [0.3, 0.4) is 0 Å². The molecule has 0 amide bonds. The molecular formula is C111H112F11N17O9. The van der Waals surface area contributed by atoms with Gasteiger partial charge in [-0.25, -0.2) is 51.9 Å². The molecule has 0 saturated heterocycles. The van der Waals surface area contributed by atoms with Gasteiger partial charge in [-0.1, -0.05) is 159 Å². The monoisotopic (exact) mass is 2040 g/mol. The van der Waals surface area contributed by atoms with Gasteiger partial charge in [0.2, 0.25) is 35.3 Å². The fourth-order valence-corrected chi connectivity index (χ4v) is 12.2. The summed E-state index contributed by atoms with van der Waals surface area (Å²) in [5.74, 6) is 9.19. The van der Waals surface area contributed by atoms with E-state index in [4.69, 9.17) is 47.9 Å². The summed E-state index contributed by atoms with van der Waals surface area (Å²) in [5, 5.41) is 8.70. The highest BCUT2D eigenvalue weighted by Gasteiger charge is 2.36. The van der Waals surface area contributed by atoms with E-state index in [0.717, 1.165) is 64.0 Å². The van der Waals surface area contributed by atoms with Gasteiger partial charge in [0, 0.05) is 138 Å². The minimum absolute atomic E-state index is 0.0315. The van der Waals surface area contributed by atoms with Gasteiger partial charge in [0.15, 0.2) is 22.9 Å². The van der Waals surface area contributed by atoms with Crippen molar-refractivity contribution in [2.45, 2.75) is 191 Å². The third-order valence-corrected chi connectivity index (χ3v) is 19.5. The van der Waals surface area contributed by atoms with Gasteiger partial charge in [-0.05, 0) is 166 Å². The van der Waals surface area contributed by atoms with Crippen LogP contribution in [0.5, 0.6) is 99.0 Å². The molecule has 16 aromatic rings. The SMILES string of the molecule is CC(C)c1cc(C(F)(F)F)nc(Oc2ccc(C#N)cc2)n1.CC(C)c1cc(C(F)(F)F)nc(Oc2cccc(F)c2)n1.CC(C)c1cccnc1Oc1cccc(F)c1.CC(C)c1nccc(Oc2cccc(F)c2)n1.CC(C)c1nccnc1Oc1cccc(F)c1.COc1ccccc1Oc1cc(C)nc(C(C)C)n1.Cc1cc(Oc2cccc(F)c2)nc(C(C)C)n1.Cc1cc(Oc2cccnc2)nc(C(C)C)n1. The summed E-state index contributed by atoms with van der Waals surface area (Å²) in [5.41, 5.74) is 3.12. The van der Waals surface area contributed by atoms with Crippen molar-refractivity contribution in [3.8, 4) is 105 Å². The fourth-order valence-electron chi connectivity index (χ4n) is 12.2. The molecule has 0 aliphatic carbocycles. The molecule has 0 unspecified atom stereocenters. The van der Waals surface area contributed by atoms with Crippen LogP contribution in [0.25, 0.3) is 0 Å². The van der Waals surface area contributed by atoms with Crippen LogP contribution in [0.1, 0.15) is 238 Å². The molecule has 0 atom stereocenters. The number of aryl methyl sites for hydroxylation is 3. The van der Waals surface area contributed by atoms with E-state index in [9.17, 15) is 48.3 Å². The Balaban J connectivity index is 0.000000188. The molecule has 0 radical (unpaired) electrons. The van der Waals surface area contributed by atoms with Crippen LogP contribution in [0.2, 0.25) is 0 Å². The van der Waals surface area contributed by atoms with Gasteiger partial charge in [0.25, 0.3) is 0 Å². The molecule has 16 rings (SSSR count). The van der Waals surface area contributed by atoms with E-state index in [1.54, 1.807) is 133 Å². The summed E-state index contributed by atoms with van der Waals surface area (Å²) in [7, 11) is 1.62. The standard InChI is InChI=1S/C15H12F3N3O.C15H18N2O2.C14H12F4N2O.C14H15FN2O.C14H14FNO.2C13H13FN2O.C13H15N3O/c1-9(2)12-7-13(15(16,17)18)21-14(20-12)22-11-5-3-10(8-19)4-6-11;1-10(2)15-16-11(3)9-14(17-15)19-13-8-6-5-7-12(13)18-4;1-8(2)11-7-12(14(16,17)18)20-13(19-11)21-10-5-3-4-9(15)6-10;1-9(2)14-16-10(3)7-13(17-14)18-12-6-4-5-11(15)8-12;1-10(2)13-7-4-8-16-14(13)17-12-6-3-5-11(15)9-12;1-9(2)12-13(16-7-6-15-12)17-11-5-3-4-10(14)8-11;1-9(2)13-15-7-6-12(16-13)17-11-5-3-4-10(14)8-11;1-9(2)13-15-10(3)7-12(16-13)17-11-5-4-6-14-8-11/h3-7,9H,1-2H3;5-10H,1-4H3;3-8H,1-2H3;4-9H,1-3H3;3-10H,1-2H3;2*3-9H,1-2H3;4-9H,1-3H3. The van der Waals surface area contributed by atoms with Crippen LogP contribution in [0.4, 0.5) is 48.3 Å². The van der Waals surface area contributed by atoms with E-state index in [1.165, 1.54) is 91.0 Å². The second-order valence-electron chi connectivity index (χ2n) is 34.7. The van der Waals surface area contributed by atoms with Crippen LogP contribution >= 0.6 is 0 Å². The number of methoxy groups -OCH3 is 1.